The fourth-order valence-electron chi connectivity index (χ4n) is 2.85. The van der Waals surface area contributed by atoms with E-state index in [9.17, 15) is 0 Å². The molecular formula is C17H29N3O. The van der Waals surface area contributed by atoms with Gasteiger partial charge in [-0.15, -0.1) is 0 Å². The summed E-state index contributed by atoms with van der Waals surface area (Å²) in [6, 6.07) is 9.34. The van der Waals surface area contributed by atoms with Gasteiger partial charge in [-0.25, -0.2) is 5.43 Å². The van der Waals surface area contributed by atoms with Crippen LogP contribution in [0.1, 0.15) is 44.7 Å². The molecule has 3 unspecified atom stereocenters. The molecule has 1 aliphatic rings. The molecule has 21 heavy (non-hydrogen) atoms. The predicted octanol–water partition coefficient (Wildman–Crippen LogP) is 2.63. The molecule has 1 heterocycles. The summed E-state index contributed by atoms with van der Waals surface area (Å²) in [5.41, 5.74) is 8.10. The van der Waals surface area contributed by atoms with Crippen molar-refractivity contribution in [2.24, 2.45) is 5.92 Å². The molecule has 1 aliphatic heterocycles. The summed E-state index contributed by atoms with van der Waals surface area (Å²) >= 11 is 0. The average Bonchev–Trinajstić information content (AvgIpc) is 2.86. The molecule has 0 amide bonds. The van der Waals surface area contributed by atoms with Crippen molar-refractivity contribution in [2.75, 3.05) is 20.2 Å². The fourth-order valence-corrected chi connectivity index (χ4v) is 2.85. The lowest BCUT2D eigenvalue weighted by Crippen LogP contribution is -2.38. The Morgan fingerprint density at radius 2 is 1.90 bits per heavy atom. The number of hydrogen-bond acceptors (Lipinski definition) is 4. The highest BCUT2D eigenvalue weighted by Crippen LogP contribution is 2.29. The van der Waals surface area contributed by atoms with Crippen molar-refractivity contribution in [1.82, 2.24) is 16.2 Å². The van der Waals surface area contributed by atoms with Crippen LogP contribution in [0.2, 0.25) is 0 Å². The van der Waals surface area contributed by atoms with Crippen LogP contribution in [0.4, 0.5) is 0 Å². The van der Waals surface area contributed by atoms with Gasteiger partial charge in [0.25, 0.3) is 0 Å². The lowest BCUT2D eigenvalue weighted by molar-refractivity contribution is 0.306. The maximum atomic E-state index is 5.77. The summed E-state index contributed by atoms with van der Waals surface area (Å²) in [7, 11) is 1.99. The van der Waals surface area contributed by atoms with Crippen LogP contribution < -0.4 is 20.9 Å². The Balaban J connectivity index is 1.87. The number of likely N-dealkylation sites (N-methyl/N-ethyl adjacent to an activating group) is 1. The Morgan fingerprint density at radius 3 is 2.57 bits per heavy atom. The minimum atomic E-state index is 0.359. The van der Waals surface area contributed by atoms with E-state index in [2.05, 4.69) is 54.3 Å². The second-order valence-electron chi connectivity index (χ2n) is 5.91. The van der Waals surface area contributed by atoms with Crippen molar-refractivity contribution in [3.8, 4) is 5.75 Å². The quantitative estimate of drug-likeness (QED) is 0.644. The normalized spacial score (nSPS) is 25.2. The molecule has 1 aromatic rings. The molecule has 1 aromatic carbocycles. The second kappa shape index (κ2) is 8.37. The summed E-state index contributed by atoms with van der Waals surface area (Å²) in [6.07, 6.45) is 3.60. The molecule has 0 saturated carbocycles. The molecule has 0 radical (unpaired) electrons. The van der Waals surface area contributed by atoms with Gasteiger partial charge >= 0.3 is 0 Å². The van der Waals surface area contributed by atoms with E-state index in [1.807, 2.05) is 7.05 Å². The third-order valence-corrected chi connectivity index (χ3v) is 4.26. The largest absolute Gasteiger partial charge is 0.494 e. The lowest BCUT2D eigenvalue weighted by atomic mass is 9.91. The molecule has 2 rings (SSSR count). The molecular weight excluding hydrogens is 262 g/mol. The minimum Gasteiger partial charge on any atom is -0.494 e. The van der Waals surface area contributed by atoms with Crippen molar-refractivity contribution in [1.29, 1.82) is 0 Å². The molecule has 4 nitrogen and oxygen atoms in total. The first-order valence-electron chi connectivity index (χ1n) is 8.14. The molecule has 3 atom stereocenters. The predicted molar refractivity (Wildman–Crippen MR) is 87.4 cm³/mol. The van der Waals surface area contributed by atoms with E-state index in [0.717, 1.165) is 25.3 Å². The Morgan fingerprint density at radius 1 is 1.14 bits per heavy atom. The van der Waals surface area contributed by atoms with Crippen molar-refractivity contribution >= 4 is 0 Å². The second-order valence-corrected chi connectivity index (χ2v) is 5.91. The summed E-state index contributed by atoms with van der Waals surface area (Å²) in [6.45, 7) is 6.29. The monoisotopic (exact) mass is 291 g/mol. The molecule has 0 aromatic heterocycles. The first-order chi connectivity index (χ1) is 10.3. The van der Waals surface area contributed by atoms with Crippen molar-refractivity contribution in [2.45, 2.75) is 45.2 Å². The van der Waals surface area contributed by atoms with Gasteiger partial charge in [0.2, 0.25) is 0 Å². The highest BCUT2D eigenvalue weighted by molar-refractivity contribution is 5.30. The molecule has 0 aliphatic carbocycles. The maximum Gasteiger partial charge on any atom is 0.119 e. The van der Waals surface area contributed by atoms with Crippen LogP contribution in [0.15, 0.2) is 24.3 Å². The zero-order valence-electron chi connectivity index (χ0n) is 13.5. The highest BCUT2D eigenvalue weighted by atomic mass is 16.5. The van der Waals surface area contributed by atoms with Crippen LogP contribution in [0.25, 0.3) is 0 Å². The Bertz CT molecular complexity index is 407. The number of hydrogen-bond donors (Lipinski definition) is 3. The van der Waals surface area contributed by atoms with E-state index < -0.39 is 0 Å². The number of rotatable bonds is 8. The zero-order chi connectivity index (χ0) is 15.1. The van der Waals surface area contributed by atoms with Crippen LogP contribution in [0.3, 0.4) is 0 Å². The summed E-state index contributed by atoms with van der Waals surface area (Å²) in [5.74, 6) is 1.52. The molecule has 0 spiro atoms. The molecule has 3 N–H and O–H groups in total. The number of nitrogens with one attached hydrogen (secondary N) is 3. The van der Waals surface area contributed by atoms with E-state index in [0.29, 0.717) is 18.0 Å². The van der Waals surface area contributed by atoms with Gasteiger partial charge < -0.3 is 10.1 Å². The van der Waals surface area contributed by atoms with Gasteiger partial charge in [-0.3, -0.25) is 5.43 Å². The Labute approximate surface area is 128 Å². The standard InChI is InChI=1S/C17H29N3O/c1-4-5-6-11-21-15-9-7-14(8-10-15)17-13(2)16(12-18-3)19-20-17/h7-10,13,16-20H,4-6,11-12H2,1-3H3. The van der Waals surface area contributed by atoms with Crippen molar-refractivity contribution in [3.05, 3.63) is 29.8 Å². The van der Waals surface area contributed by atoms with Gasteiger partial charge in [-0.2, -0.15) is 0 Å². The fraction of sp³-hybridized carbons (Fsp3) is 0.647. The maximum absolute atomic E-state index is 5.77. The van der Waals surface area contributed by atoms with Gasteiger partial charge in [0, 0.05) is 12.6 Å². The summed E-state index contributed by atoms with van der Waals surface area (Å²) in [5, 5.41) is 3.23. The van der Waals surface area contributed by atoms with Crippen LogP contribution in [0.5, 0.6) is 5.75 Å². The first-order valence-corrected chi connectivity index (χ1v) is 8.14. The van der Waals surface area contributed by atoms with Crippen molar-refractivity contribution in [3.63, 3.8) is 0 Å². The number of hydrazine groups is 1. The van der Waals surface area contributed by atoms with Gasteiger partial charge in [-0.1, -0.05) is 38.8 Å². The van der Waals surface area contributed by atoms with E-state index in [4.69, 9.17) is 4.74 Å². The smallest absolute Gasteiger partial charge is 0.119 e. The lowest BCUT2D eigenvalue weighted by Gasteiger charge is -2.19. The third kappa shape index (κ3) is 4.43. The molecule has 1 saturated heterocycles. The highest BCUT2D eigenvalue weighted by Gasteiger charge is 2.32. The Kier molecular flexibility index (Phi) is 6.49. The molecule has 1 fully saturated rings. The first kappa shape index (κ1) is 16.3. The van der Waals surface area contributed by atoms with Crippen LogP contribution in [0, 0.1) is 5.92 Å². The van der Waals surface area contributed by atoms with E-state index in [1.165, 1.54) is 18.4 Å². The summed E-state index contributed by atoms with van der Waals surface area (Å²) in [4.78, 5) is 0. The Hall–Kier alpha value is -1.10. The van der Waals surface area contributed by atoms with Gasteiger partial charge in [0.05, 0.1) is 12.6 Å². The molecule has 118 valence electrons. The zero-order valence-corrected chi connectivity index (χ0v) is 13.5. The van der Waals surface area contributed by atoms with E-state index in [-0.39, 0.29) is 0 Å². The SMILES string of the molecule is CCCCCOc1ccc(C2NNC(CNC)C2C)cc1. The third-order valence-electron chi connectivity index (χ3n) is 4.26. The van der Waals surface area contributed by atoms with E-state index >= 15 is 0 Å². The molecule has 4 heteroatoms. The number of benzene rings is 1. The van der Waals surface area contributed by atoms with Crippen LogP contribution >= 0.6 is 0 Å². The molecule has 0 bridgehead atoms. The van der Waals surface area contributed by atoms with Gasteiger partial charge in [-0.05, 0) is 37.1 Å². The van der Waals surface area contributed by atoms with E-state index in [1.54, 1.807) is 0 Å². The average molecular weight is 291 g/mol. The topological polar surface area (TPSA) is 45.3 Å². The minimum absolute atomic E-state index is 0.359. The van der Waals surface area contributed by atoms with Crippen molar-refractivity contribution < 1.29 is 4.74 Å². The van der Waals surface area contributed by atoms with Gasteiger partial charge in [0.1, 0.15) is 5.75 Å². The van der Waals surface area contributed by atoms with Crippen LogP contribution in [-0.2, 0) is 0 Å². The number of ether oxygens (including phenoxy) is 1. The van der Waals surface area contributed by atoms with Crippen LogP contribution in [-0.4, -0.2) is 26.2 Å². The number of unbranched alkanes of at least 4 members (excludes halogenated alkanes) is 2. The summed E-state index contributed by atoms with van der Waals surface area (Å²) < 4.78 is 5.77. The van der Waals surface area contributed by atoms with Gasteiger partial charge in [0.15, 0.2) is 0 Å².